The second kappa shape index (κ2) is 8.04. The Morgan fingerprint density at radius 1 is 0.600 bits per heavy atom. The molecule has 0 radical (unpaired) electrons. The predicted octanol–water partition coefficient (Wildman–Crippen LogP) is 8.53. The van der Waals surface area contributed by atoms with Gasteiger partial charge in [0.1, 0.15) is 8.07 Å². The first kappa shape index (κ1) is 22.0. The number of benzene rings is 4. The van der Waals surface area contributed by atoms with Crippen LogP contribution in [0.25, 0.3) is 54.1 Å². The molecule has 2 heterocycles. The van der Waals surface area contributed by atoms with Crippen LogP contribution in [-0.4, -0.2) is 17.2 Å². The summed E-state index contributed by atoms with van der Waals surface area (Å²) in [6.07, 6.45) is 2.15. The van der Waals surface area contributed by atoms with Crippen molar-refractivity contribution < 1.29 is 0 Å². The molecule has 6 aromatic rings. The van der Waals surface area contributed by atoms with Crippen molar-refractivity contribution >= 4 is 62.2 Å². The Balaban J connectivity index is 1.58. The molecule has 6 rings (SSSR count). The highest BCUT2D eigenvalue weighted by Gasteiger charge is 2.24. The number of aromatic nitrogens is 2. The highest BCUT2D eigenvalue weighted by atomic mass is 28.3. The Labute approximate surface area is 208 Å². The molecule has 174 valence electrons. The SMILES string of the molecule is CC[Si](C#Cc1cc2c3ccc4c(ccc5c4ccc4c5ccn4C)c3ccc2n1C)(CC)CC. The van der Waals surface area contributed by atoms with Crippen molar-refractivity contribution in [3.63, 3.8) is 0 Å². The van der Waals surface area contributed by atoms with Gasteiger partial charge in [0.2, 0.25) is 0 Å². The fourth-order valence-corrected chi connectivity index (χ4v) is 8.37. The largest absolute Gasteiger partial charge is 0.351 e. The van der Waals surface area contributed by atoms with Crippen LogP contribution in [0.3, 0.4) is 0 Å². The van der Waals surface area contributed by atoms with Crippen LogP contribution in [0.5, 0.6) is 0 Å². The van der Waals surface area contributed by atoms with Crippen LogP contribution in [0.1, 0.15) is 26.5 Å². The maximum atomic E-state index is 3.78. The standard InChI is InChI=1S/C32H32N2Si/c1-6-35(7-2,8-3)20-18-22-21-30-28-12-10-23-24(26(28)14-16-32(30)34(22)5)9-11-27-25(23)13-15-31-29(27)17-19-33(31)4/h9-17,19,21H,6-8H2,1-5H3. The van der Waals surface area contributed by atoms with Crippen molar-refractivity contribution in [2.75, 3.05) is 0 Å². The van der Waals surface area contributed by atoms with Crippen molar-refractivity contribution in [3.05, 3.63) is 72.6 Å². The zero-order valence-corrected chi connectivity index (χ0v) is 22.4. The highest BCUT2D eigenvalue weighted by molar-refractivity contribution is 6.87. The van der Waals surface area contributed by atoms with Crippen molar-refractivity contribution in [3.8, 4) is 11.5 Å². The van der Waals surface area contributed by atoms with E-state index >= 15 is 0 Å². The van der Waals surface area contributed by atoms with Crippen LogP contribution in [-0.2, 0) is 14.1 Å². The number of hydrogen-bond acceptors (Lipinski definition) is 0. The van der Waals surface area contributed by atoms with Gasteiger partial charge in [-0.25, -0.2) is 0 Å². The van der Waals surface area contributed by atoms with E-state index in [0.717, 1.165) is 5.69 Å². The zero-order valence-electron chi connectivity index (χ0n) is 21.4. The van der Waals surface area contributed by atoms with Crippen molar-refractivity contribution in [1.29, 1.82) is 0 Å². The number of fused-ring (bicyclic) bond motifs is 9. The van der Waals surface area contributed by atoms with Gasteiger partial charge >= 0.3 is 0 Å². The van der Waals surface area contributed by atoms with E-state index in [2.05, 4.69) is 122 Å². The smallest absolute Gasteiger partial charge is 0.138 e. The molecule has 2 nitrogen and oxygen atoms in total. The van der Waals surface area contributed by atoms with Gasteiger partial charge < -0.3 is 9.13 Å². The monoisotopic (exact) mass is 472 g/mol. The highest BCUT2D eigenvalue weighted by Crippen LogP contribution is 2.37. The molecular formula is C32H32N2Si. The van der Waals surface area contributed by atoms with Crippen LogP contribution in [0.4, 0.5) is 0 Å². The van der Waals surface area contributed by atoms with Gasteiger partial charge in [0.05, 0.1) is 5.69 Å². The summed E-state index contributed by atoms with van der Waals surface area (Å²) >= 11 is 0. The Kier molecular flexibility index (Phi) is 5.05. The van der Waals surface area contributed by atoms with E-state index in [0.29, 0.717) is 0 Å². The maximum absolute atomic E-state index is 3.78. The van der Waals surface area contributed by atoms with Gasteiger partial charge in [0, 0.05) is 42.1 Å². The zero-order chi connectivity index (χ0) is 24.3. The van der Waals surface area contributed by atoms with E-state index in [1.54, 1.807) is 0 Å². The van der Waals surface area contributed by atoms with Crippen LogP contribution in [0, 0.1) is 11.5 Å². The molecule has 0 aliphatic rings. The first-order chi connectivity index (χ1) is 17.0. The van der Waals surface area contributed by atoms with E-state index in [9.17, 15) is 0 Å². The molecule has 0 spiro atoms. The van der Waals surface area contributed by atoms with Crippen LogP contribution >= 0.6 is 0 Å². The lowest BCUT2D eigenvalue weighted by Crippen LogP contribution is -2.29. The van der Waals surface area contributed by atoms with E-state index in [-0.39, 0.29) is 0 Å². The lowest BCUT2D eigenvalue weighted by molar-refractivity contribution is 0.951. The topological polar surface area (TPSA) is 9.86 Å². The number of hydrogen-bond donors (Lipinski definition) is 0. The molecule has 0 saturated heterocycles. The van der Waals surface area contributed by atoms with Crippen LogP contribution in [0.15, 0.2) is 66.9 Å². The second-order valence-corrected chi connectivity index (χ2v) is 15.0. The molecule has 0 aliphatic carbocycles. The average molecular weight is 473 g/mol. The number of nitrogens with zero attached hydrogens (tertiary/aromatic N) is 2. The summed E-state index contributed by atoms with van der Waals surface area (Å²) in [5, 5.41) is 10.5. The lowest BCUT2D eigenvalue weighted by Gasteiger charge is -2.19. The van der Waals surface area contributed by atoms with Gasteiger partial charge in [0.25, 0.3) is 0 Å². The fraction of sp³-hybridized carbons (Fsp3) is 0.250. The lowest BCUT2D eigenvalue weighted by atomic mass is 9.94. The first-order valence-electron chi connectivity index (χ1n) is 12.8. The van der Waals surface area contributed by atoms with E-state index in [4.69, 9.17) is 0 Å². The molecule has 0 amide bonds. The molecule has 0 N–H and O–H groups in total. The minimum atomic E-state index is -1.48. The first-order valence-corrected chi connectivity index (χ1v) is 15.5. The molecule has 0 saturated carbocycles. The molecule has 0 bridgehead atoms. The molecule has 0 aliphatic heterocycles. The average Bonchev–Trinajstić information content (AvgIpc) is 3.44. The number of aryl methyl sites for hydroxylation is 2. The Hall–Kier alpha value is -3.48. The predicted molar refractivity (Wildman–Crippen MR) is 156 cm³/mol. The molecular weight excluding hydrogens is 440 g/mol. The normalized spacial score (nSPS) is 12.3. The third-order valence-electron chi connectivity index (χ3n) is 8.57. The summed E-state index contributed by atoms with van der Waals surface area (Å²) in [4.78, 5) is 0. The van der Waals surface area contributed by atoms with Crippen LogP contribution < -0.4 is 0 Å². The molecule has 4 aromatic carbocycles. The van der Waals surface area contributed by atoms with Gasteiger partial charge in [-0.3, -0.25) is 0 Å². The van der Waals surface area contributed by atoms with Gasteiger partial charge in [-0.1, -0.05) is 63.1 Å². The summed E-state index contributed by atoms with van der Waals surface area (Å²) in [5.41, 5.74) is 7.44. The third-order valence-corrected chi connectivity index (χ3v) is 13.3. The van der Waals surface area contributed by atoms with Crippen molar-refractivity contribution in [2.45, 2.75) is 38.9 Å². The molecule has 2 aromatic heterocycles. The summed E-state index contributed by atoms with van der Waals surface area (Å²) in [6.45, 7) is 6.96. The molecule has 35 heavy (non-hydrogen) atoms. The van der Waals surface area contributed by atoms with Crippen LogP contribution in [0.2, 0.25) is 18.1 Å². The maximum Gasteiger partial charge on any atom is 0.138 e. The summed E-state index contributed by atoms with van der Waals surface area (Å²) in [6, 6.07) is 26.6. The van der Waals surface area contributed by atoms with E-state index in [1.807, 2.05) is 0 Å². The van der Waals surface area contributed by atoms with Crippen molar-refractivity contribution in [1.82, 2.24) is 9.13 Å². The fourth-order valence-electron chi connectivity index (χ4n) is 5.95. The molecule has 3 heteroatoms. The molecule has 0 unspecified atom stereocenters. The Morgan fingerprint density at radius 2 is 1.09 bits per heavy atom. The Bertz CT molecular complexity index is 1830. The number of rotatable bonds is 3. The summed E-state index contributed by atoms with van der Waals surface area (Å²) in [7, 11) is 2.79. The molecule has 0 fully saturated rings. The van der Waals surface area contributed by atoms with E-state index < -0.39 is 8.07 Å². The second-order valence-electron chi connectivity index (χ2n) is 10.0. The van der Waals surface area contributed by atoms with Gasteiger partial charge in [-0.15, -0.1) is 5.54 Å². The Morgan fingerprint density at radius 3 is 1.66 bits per heavy atom. The van der Waals surface area contributed by atoms with Crippen molar-refractivity contribution in [2.24, 2.45) is 14.1 Å². The minimum absolute atomic E-state index is 1.13. The summed E-state index contributed by atoms with van der Waals surface area (Å²) < 4.78 is 4.47. The third kappa shape index (κ3) is 3.17. The van der Waals surface area contributed by atoms with Gasteiger partial charge in [-0.2, -0.15) is 0 Å². The van der Waals surface area contributed by atoms with Gasteiger partial charge in [-0.05, 0) is 74.7 Å². The van der Waals surface area contributed by atoms with Gasteiger partial charge in [0.15, 0.2) is 0 Å². The quantitative estimate of drug-likeness (QED) is 0.139. The summed E-state index contributed by atoms with van der Waals surface area (Å²) in [5.74, 6) is 3.61. The van der Waals surface area contributed by atoms with E-state index in [1.165, 1.54) is 72.3 Å². The molecule has 0 atom stereocenters. The minimum Gasteiger partial charge on any atom is -0.351 e.